The molecule has 7 heteroatoms. The first-order valence-corrected chi connectivity index (χ1v) is 9.44. The highest BCUT2D eigenvalue weighted by atomic mass is 127. The van der Waals surface area contributed by atoms with Crippen LogP contribution in [-0.4, -0.2) is 28.4 Å². The van der Waals surface area contributed by atoms with Gasteiger partial charge in [-0.2, -0.15) is 0 Å². The van der Waals surface area contributed by atoms with Gasteiger partial charge in [-0.15, -0.1) is 0 Å². The van der Waals surface area contributed by atoms with Crippen LogP contribution in [0.1, 0.15) is 33.0 Å². The minimum atomic E-state index is -3.52. The number of imidazole rings is 1. The first-order chi connectivity index (χ1) is 8.81. The number of sulfonamides is 1. The SMILES string of the molecule is CCCn1cc(S(=O)(=O)NC(CI)C(C)C)nc1C. The van der Waals surface area contributed by atoms with Crippen molar-refractivity contribution in [2.24, 2.45) is 5.92 Å². The zero-order valence-corrected chi connectivity index (χ0v) is 14.8. The van der Waals surface area contributed by atoms with Crippen LogP contribution in [0.15, 0.2) is 11.2 Å². The van der Waals surface area contributed by atoms with Gasteiger partial charge in [0.15, 0.2) is 5.03 Å². The lowest BCUT2D eigenvalue weighted by molar-refractivity contribution is 0.485. The lowest BCUT2D eigenvalue weighted by atomic mass is 10.1. The van der Waals surface area contributed by atoms with Gasteiger partial charge in [0, 0.05) is 23.2 Å². The van der Waals surface area contributed by atoms with E-state index in [1.54, 1.807) is 6.20 Å². The van der Waals surface area contributed by atoms with E-state index in [2.05, 4.69) is 39.2 Å². The average Bonchev–Trinajstić information content (AvgIpc) is 2.69. The largest absolute Gasteiger partial charge is 0.334 e. The van der Waals surface area contributed by atoms with E-state index in [-0.39, 0.29) is 17.0 Å². The van der Waals surface area contributed by atoms with Gasteiger partial charge in [-0.1, -0.05) is 43.4 Å². The van der Waals surface area contributed by atoms with Crippen LogP contribution in [0.2, 0.25) is 0 Å². The third kappa shape index (κ3) is 4.42. The first-order valence-electron chi connectivity index (χ1n) is 6.43. The van der Waals surface area contributed by atoms with E-state index in [4.69, 9.17) is 0 Å². The van der Waals surface area contributed by atoms with E-state index >= 15 is 0 Å². The van der Waals surface area contributed by atoms with Crippen LogP contribution in [0.3, 0.4) is 0 Å². The van der Waals surface area contributed by atoms with E-state index in [9.17, 15) is 8.42 Å². The van der Waals surface area contributed by atoms with Crippen molar-refractivity contribution in [3.05, 3.63) is 12.0 Å². The summed E-state index contributed by atoms with van der Waals surface area (Å²) in [6, 6.07) is -0.0674. The minimum absolute atomic E-state index is 0.0674. The number of aryl methyl sites for hydroxylation is 2. The maximum absolute atomic E-state index is 12.3. The van der Waals surface area contributed by atoms with Crippen molar-refractivity contribution >= 4 is 32.6 Å². The van der Waals surface area contributed by atoms with Gasteiger partial charge in [-0.05, 0) is 19.3 Å². The topological polar surface area (TPSA) is 64.0 Å². The monoisotopic (exact) mass is 399 g/mol. The predicted molar refractivity (Wildman–Crippen MR) is 85.1 cm³/mol. The van der Waals surface area contributed by atoms with E-state index in [0.717, 1.165) is 23.2 Å². The van der Waals surface area contributed by atoms with Crippen LogP contribution in [0.4, 0.5) is 0 Å². The summed E-state index contributed by atoms with van der Waals surface area (Å²) in [5.74, 6) is 0.989. The molecule has 0 radical (unpaired) electrons. The Morgan fingerprint density at radius 3 is 2.58 bits per heavy atom. The van der Waals surface area contributed by atoms with Crippen LogP contribution in [0.5, 0.6) is 0 Å². The van der Waals surface area contributed by atoms with Gasteiger partial charge in [0.2, 0.25) is 0 Å². The Bertz CT molecular complexity index is 511. The standard InChI is InChI=1S/C12H22IN3O2S/c1-5-6-16-8-12(14-10(16)4)19(17,18)15-11(7-13)9(2)3/h8-9,11,15H,5-7H2,1-4H3. The Kier molecular flexibility index (Phi) is 6.25. The Morgan fingerprint density at radius 1 is 1.47 bits per heavy atom. The Hall–Kier alpha value is -0.150. The van der Waals surface area contributed by atoms with Crippen LogP contribution in [0, 0.1) is 12.8 Å². The number of alkyl halides is 1. The maximum Gasteiger partial charge on any atom is 0.259 e. The van der Waals surface area contributed by atoms with Crippen LogP contribution < -0.4 is 4.72 Å². The van der Waals surface area contributed by atoms with Crippen molar-refractivity contribution in [2.45, 2.75) is 51.7 Å². The number of rotatable bonds is 7. The third-order valence-electron chi connectivity index (χ3n) is 2.97. The molecular formula is C12H22IN3O2S. The molecule has 19 heavy (non-hydrogen) atoms. The van der Waals surface area contributed by atoms with Crippen molar-refractivity contribution < 1.29 is 8.42 Å². The summed E-state index contributed by atoms with van der Waals surface area (Å²) in [6.45, 7) is 8.68. The van der Waals surface area contributed by atoms with Crippen LogP contribution in [-0.2, 0) is 16.6 Å². The molecule has 1 aromatic rings. The molecule has 5 nitrogen and oxygen atoms in total. The maximum atomic E-state index is 12.3. The normalized spacial score (nSPS) is 14.0. The molecule has 1 rings (SSSR count). The predicted octanol–water partition coefficient (Wildman–Crippen LogP) is 2.34. The summed E-state index contributed by atoms with van der Waals surface area (Å²) < 4.78 is 29.9. The second kappa shape index (κ2) is 7.03. The lowest BCUT2D eigenvalue weighted by Gasteiger charge is -2.18. The number of hydrogen-bond donors (Lipinski definition) is 1. The summed E-state index contributed by atoms with van der Waals surface area (Å²) >= 11 is 2.20. The third-order valence-corrected chi connectivity index (χ3v) is 5.28. The smallest absolute Gasteiger partial charge is 0.259 e. The zero-order chi connectivity index (χ0) is 14.6. The highest BCUT2D eigenvalue weighted by Crippen LogP contribution is 2.13. The highest BCUT2D eigenvalue weighted by molar-refractivity contribution is 14.1. The second-order valence-electron chi connectivity index (χ2n) is 4.95. The van der Waals surface area contributed by atoms with Gasteiger partial charge in [0.25, 0.3) is 10.0 Å². The molecule has 1 aromatic heterocycles. The van der Waals surface area contributed by atoms with Crippen molar-refractivity contribution in [3.8, 4) is 0 Å². The second-order valence-corrected chi connectivity index (χ2v) is 7.49. The number of aromatic nitrogens is 2. The molecule has 1 unspecified atom stereocenters. The van der Waals surface area contributed by atoms with Crippen molar-refractivity contribution in [1.82, 2.24) is 14.3 Å². The summed E-state index contributed by atoms with van der Waals surface area (Å²) in [7, 11) is -3.52. The summed E-state index contributed by atoms with van der Waals surface area (Å²) in [4.78, 5) is 4.16. The Labute approximate surface area is 129 Å². The van der Waals surface area contributed by atoms with Gasteiger partial charge in [-0.3, -0.25) is 0 Å². The molecule has 1 N–H and O–H groups in total. The molecule has 0 saturated carbocycles. The fourth-order valence-electron chi connectivity index (χ4n) is 1.68. The molecule has 0 saturated heterocycles. The number of halogens is 1. The first kappa shape index (κ1) is 16.9. The molecule has 0 aliphatic heterocycles. The average molecular weight is 399 g/mol. The molecule has 0 aromatic carbocycles. The van der Waals surface area contributed by atoms with Crippen molar-refractivity contribution in [3.63, 3.8) is 0 Å². The van der Waals surface area contributed by atoms with Crippen molar-refractivity contribution in [1.29, 1.82) is 0 Å². The number of nitrogens with zero attached hydrogens (tertiary/aromatic N) is 2. The van der Waals surface area contributed by atoms with Crippen LogP contribution in [0.25, 0.3) is 0 Å². The summed E-state index contributed by atoms with van der Waals surface area (Å²) in [5, 5.41) is 0.119. The number of nitrogens with one attached hydrogen (secondary N) is 1. The summed E-state index contributed by atoms with van der Waals surface area (Å²) in [5.41, 5.74) is 0. The molecule has 0 bridgehead atoms. The minimum Gasteiger partial charge on any atom is -0.334 e. The Morgan fingerprint density at radius 2 is 2.11 bits per heavy atom. The molecule has 0 fully saturated rings. The van der Waals surface area contributed by atoms with Gasteiger partial charge < -0.3 is 4.57 Å². The fourth-order valence-corrected chi connectivity index (χ4v) is 4.61. The summed E-state index contributed by atoms with van der Waals surface area (Å²) in [6.07, 6.45) is 2.57. The fraction of sp³-hybridized carbons (Fsp3) is 0.750. The molecular weight excluding hydrogens is 377 g/mol. The van der Waals surface area contributed by atoms with E-state index in [0.29, 0.717) is 0 Å². The molecule has 0 amide bonds. The number of hydrogen-bond acceptors (Lipinski definition) is 3. The lowest BCUT2D eigenvalue weighted by Crippen LogP contribution is -2.39. The van der Waals surface area contributed by atoms with Gasteiger partial charge in [0.1, 0.15) is 5.82 Å². The van der Waals surface area contributed by atoms with Gasteiger partial charge in [-0.25, -0.2) is 18.1 Å². The molecule has 0 aliphatic carbocycles. The molecule has 1 atom stereocenters. The van der Waals surface area contributed by atoms with Gasteiger partial charge in [0.05, 0.1) is 0 Å². The quantitative estimate of drug-likeness (QED) is 0.566. The van der Waals surface area contributed by atoms with E-state index < -0.39 is 10.0 Å². The van der Waals surface area contributed by atoms with Gasteiger partial charge >= 0.3 is 0 Å². The molecule has 110 valence electrons. The zero-order valence-electron chi connectivity index (χ0n) is 11.9. The Balaban J connectivity index is 2.97. The van der Waals surface area contributed by atoms with E-state index in [1.165, 1.54) is 0 Å². The molecule has 0 aliphatic rings. The van der Waals surface area contributed by atoms with Crippen LogP contribution >= 0.6 is 22.6 Å². The van der Waals surface area contributed by atoms with E-state index in [1.807, 2.05) is 25.3 Å². The molecule has 1 heterocycles. The molecule has 0 spiro atoms. The highest BCUT2D eigenvalue weighted by Gasteiger charge is 2.24. The van der Waals surface area contributed by atoms with Crippen molar-refractivity contribution in [2.75, 3.05) is 4.43 Å².